The first kappa shape index (κ1) is 28.8. The van der Waals surface area contributed by atoms with Gasteiger partial charge in [0.25, 0.3) is 5.56 Å². The van der Waals surface area contributed by atoms with Gasteiger partial charge in [-0.3, -0.25) is 14.3 Å². The second-order valence-electron chi connectivity index (χ2n) is 9.02. The molecule has 0 fully saturated rings. The van der Waals surface area contributed by atoms with E-state index < -0.39 is 28.8 Å². The van der Waals surface area contributed by atoms with Crippen LogP contribution in [0.25, 0.3) is 38.3 Å². The number of ether oxygens (including phenoxy) is 1. The van der Waals surface area contributed by atoms with Gasteiger partial charge in [0, 0.05) is 27.2 Å². The number of carboxylic acid groups (broad SMARTS) is 1. The number of carboxylic acids is 1. The van der Waals surface area contributed by atoms with Gasteiger partial charge in [0.2, 0.25) is 0 Å². The number of fused-ring (bicyclic) bond motifs is 2. The molecular formula is C29H18ClF3N4O4S. The molecule has 5 aromatic rings. The van der Waals surface area contributed by atoms with E-state index in [0.29, 0.717) is 37.5 Å². The fourth-order valence-corrected chi connectivity index (χ4v) is 5.93. The number of aromatic nitrogens is 3. The molecule has 0 atom stereocenters. The number of carbonyl (C=O) groups is 1. The maximum atomic E-state index is 13.3. The van der Waals surface area contributed by atoms with Gasteiger partial charge in [-0.25, -0.2) is 9.78 Å². The summed E-state index contributed by atoms with van der Waals surface area (Å²) in [6.45, 7) is 5.09. The topological polar surface area (TPSA) is 118 Å². The highest BCUT2D eigenvalue weighted by Crippen LogP contribution is 2.41. The second-order valence-corrected chi connectivity index (χ2v) is 10.5. The minimum atomic E-state index is -4.71. The van der Waals surface area contributed by atoms with Crippen molar-refractivity contribution < 1.29 is 27.8 Å². The summed E-state index contributed by atoms with van der Waals surface area (Å²) >= 11 is 7.51. The lowest BCUT2D eigenvalue weighted by Crippen LogP contribution is -2.27. The highest BCUT2D eigenvalue weighted by molar-refractivity contribution is 7.20. The molecule has 0 aliphatic carbocycles. The molecule has 0 aliphatic rings. The number of nitrogens with zero attached hydrogens (tertiary/aromatic N) is 4. The number of hydrogen-bond acceptors (Lipinski definition) is 7. The Morgan fingerprint density at radius 2 is 2.02 bits per heavy atom. The lowest BCUT2D eigenvalue weighted by atomic mass is 10.0. The SMILES string of the molecule is C=Cc1sc2c(-c3cc(Cl)ccc3OCCn3c(C)nc4cc(C(F)(F)F)cc(C#N)c4c3=O)ccnc2c1C(=O)O. The van der Waals surface area contributed by atoms with Gasteiger partial charge < -0.3 is 9.84 Å². The molecule has 2 aromatic carbocycles. The Morgan fingerprint density at radius 1 is 1.26 bits per heavy atom. The number of pyridine rings is 1. The minimum absolute atomic E-state index is 0.0317. The van der Waals surface area contributed by atoms with E-state index in [0.717, 1.165) is 6.07 Å². The lowest BCUT2D eigenvalue weighted by Gasteiger charge is -2.16. The number of benzene rings is 2. The molecule has 3 heterocycles. The van der Waals surface area contributed by atoms with E-state index in [1.54, 1.807) is 30.3 Å². The van der Waals surface area contributed by atoms with Crippen molar-refractivity contribution in [3.63, 3.8) is 0 Å². The summed E-state index contributed by atoms with van der Waals surface area (Å²) in [4.78, 5) is 34.1. The van der Waals surface area contributed by atoms with Crippen LogP contribution in [0.5, 0.6) is 5.75 Å². The molecular weight excluding hydrogens is 593 g/mol. The first-order valence-corrected chi connectivity index (χ1v) is 13.4. The number of rotatable bonds is 7. The van der Waals surface area contributed by atoms with Crippen LogP contribution in [0, 0.1) is 18.3 Å². The first-order valence-electron chi connectivity index (χ1n) is 12.2. The monoisotopic (exact) mass is 610 g/mol. The van der Waals surface area contributed by atoms with Crippen LogP contribution in [-0.4, -0.2) is 32.2 Å². The fourth-order valence-electron chi connectivity index (χ4n) is 4.63. The Balaban J connectivity index is 1.51. The summed E-state index contributed by atoms with van der Waals surface area (Å²) in [5.74, 6) is -0.616. The van der Waals surface area contributed by atoms with Crippen LogP contribution in [0.4, 0.5) is 13.2 Å². The average molecular weight is 611 g/mol. The molecule has 42 heavy (non-hydrogen) atoms. The lowest BCUT2D eigenvalue weighted by molar-refractivity contribution is -0.137. The molecule has 0 saturated carbocycles. The molecule has 5 rings (SSSR count). The Bertz CT molecular complexity index is 2030. The molecule has 0 aliphatic heterocycles. The average Bonchev–Trinajstić information content (AvgIpc) is 3.33. The van der Waals surface area contributed by atoms with Gasteiger partial charge in [0.1, 0.15) is 29.8 Å². The van der Waals surface area contributed by atoms with Crippen LogP contribution < -0.4 is 10.3 Å². The van der Waals surface area contributed by atoms with Gasteiger partial charge in [-0.15, -0.1) is 11.3 Å². The van der Waals surface area contributed by atoms with Gasteiger partial charge in [-0.2, -0.15) is 18.4 Å². The highest BCUT2D eigenvalue weighted by Gasteiger charge is 2.32. The number of halogens is 4. The van der Waals surface area contributed by atoms with E-state index in [9.17, 15) is 33.1 Å². The highest BCUT2D eigenvalue weighted by atomic mass is 35.5. The Labute approximate surface area is 244 Å². The summed E-state index contributed by atoms with van der Waals surface area (Å²) in [6.07, 6.45) is -1.77. The molecule has 0 radical (unpaired) electrons. The number of hydrogen-bond donors (Lipinski definition) is 1. The standard InChI is InChI=1S/C29H18ClF3N4O4S/c1-3-22-24(28(39)40)25-26(42-22)18(6-7-35-25)19-12-17(30)4-5-21(19)41-9-8-37-14(2)36-20-11-16(29(31,32)33)10-15(13-34)23(20)27(37)38/h3-7,10-12H,1,8-9H2,2H3,(H,39,40). The van der Waals surface area contributed by atoms with Gasteiger partial charge in [-0.05, 0) is 43.3 Å². The quantitative estimate of drug-likeness (QED) is 0.212. The minimum Gasteiger partial charge on any atom is -0.491 e. The summed E-state index contributed by atoms with van der Waals surface area (Å²) in [6, 6.07) is 9.65. The summed E-state index contributed by atoms with van der Waals surface area (Å²) in [7, 11) is 0. The Hall–Kier alpha value is -4.73. The van der Waals surface area contributed by atoms with Gasteiger partial charge in [0.15, 0.2) is 0 Å². The van der Waals surface area contributed by atoms with E-state index in [1.165, 1.54) is 35.1 Å². The molecule has 0 spiro atoms. The van der Waals surface area contributed by atoms with Crippen molar-refractivity contribution in [1.29, 1.82) is 5.26 Å². The molecule has 3 aromatic heterocycles. The summed E-state index contributed by atoms with van der Waals surface area (Å²) in [5.41, 5.74) is -0.890. The van der Waals surface area contributed by atoms with Gasteiger partial charge >= 0.3 is 12.1 Å². The zero-order valence-electron chi connectivity index (χ0n) is 21.6. The van der Waals surface area contributed by atoms with Gasteiger partial charge in [0.05, 0.1) is 38.8 Å². The van der Waals surface area contributed by atoms with Crippen molar-refractivity contribution in [2.75, 3.05) is 6.61 Å². The first-order chi connectivity index (χ1) is 19.9. The predicted molar refractivity (Wildman–Crippen MR) is 153 cm³/mol. The summed E-state index contributed by atoms with van der Waals surface area (Å²) in [5, 5.41) is 19.4. The number of alkyl halides is 3. The van der Waals surface area contributed by atoms with Crippen molar-refractivity contribution in [3.8, 4) is 22.9 Å². The molecule has 1 N–H and O–H groups in total. The molecule has 212 valence electrons. The predicted octanol–water partition coefficient (Wildman–Crippen LogP) is 6.95. The molecule has 0 unspecified atom stereocenters. The van der Waals surface area contributed by atoms with Crippen molar-refractivity contribution in [1.82, 2.24) is 14.5 Å². The third kappa shape index (κ3) is 5.08. The Morgan fingerprint density at radius 3 is 2.69 bits per heavy atom. The van der Waals surface area contributed by atoms with Crippen molar-refractivity contribution in [2.45, 2.75) is 19.6 Å². The maximum absolute atomic E-state index is 13.3. The van der Waals surface area contributed by atoms with Gasteiger partial charge in [-0.1, -0.05) is 24.3 Å². The fraction of sp³-hybridized carbons (Fsp3) is 0.138. The zero-order valence-corrected chi connectivity index (χ0v) is 23.2. The third-order valence-corrected chi connectivity index (χ3v) is 7.94. The smallest absolute Gasteiger partial charge is 0.416 e. The molecule has 8 nitrogen and oxygen atoms in total. The largest absolute Gasteiger partial charge is 0.491 e. The molecule has 0 saturated heterocycles. The van der Waals surface area contributed by atoms with E-state index in [-0.39, 0.29) is 41.0 Å². The summed E-state index contributed by atoms with van der Waals surface area (Å²) < 4.78 is 47.8. The van der Waals surface area contributed by atoms with Crippen LogP contribution in [0.1, 0.15) is 32.2 Å². The van der Waals surface area contributed by atoms with E-state index >= 15 is 0 Å². The van der Waals surface area contributed by atoms with E-state index in [1.807, 2.05) is 0 Å². The van der Waals surface area contributed by atoms with Crippen LogP contribution in [0.2, 0.25) is 5.02 Å². The normalized spacial score (nSPS) is 11.5. The van der Waals surface area contributed by atoms with Crippen molar-refractivity contribution in [2.24, 2.45) is 0 Å². The number of nitriles is 1. The van der Waals surface area contributed by atoms with Crippen LogP contribution in [0.15, 0.2) is 54.0 Å². The van der Waals surface area contributed by atoms with Crippen LogP contribution >= 0.6 is 22.9 Å². The molecule has 0 bridgehead atoms. The van der Waals surface area contributed by atoms with Crippen molar-refractivity contribution in [3.05, 3.63) is 91.9 Å². The number of aromatic carboxylic acids is 1. The Kier molecular flexibility index (Phi) is 7.49. The number of aryl methyl sites for hydroxylation is 1. The maximum Gasteiger partial charge on any atom is 0.416 e. The number of thiophene rings is 1. The van der Waals surface area contributed by atoms with Crippen LogP contribution in [0.3, 0.4) is 0 Å². The van der Waals surface area contributed by atoms with E-state index in [2.05, 4.69) is 16.5 Å². The third-order valence-electron chi connectivity index (χ3n) is 6.50. The van der Waals surface area contributed by atoms with E-state index in [4.69, 9.17) is 16.3 Å². The second kappa shape index (κ2) is 10.9. The molecule has 13 heteroatoms. The molecule has 0 amide bonds. The zero-order chi connectivity index (χ0) is 30.3. The van der Waals surface area contributed by atoms with Crippen molar-refractivity contribution >= 4 is 56.1 Å². The van der Waals surface area contributed by atoms with Crippen LogP contribution in [-0.2, 0) is 12.7 Å².